The lowest BCUT2D eigenvalue weighted by molar-refractivity contribution is -0.123. The van der Waals surface area contributed by atoms with Gasteiger partial charge in [-0.3, -0.25) is 4.79 Å². The van der Waals surface area contributed by atoms with Crippen molar-refractivity contribution in [2.75, 3.05) is 18.4 Å². The van der Waals surface area contributed by atoms with Gasteiger partial charge in [-0.1, -0.05) is 6.07 Å². The topological polar surface area (TPSA) is 41.1 Å². The van der Waals surface area contributed by atoms with Gasteiger partial charge in [0.25, 0.3) is 0 Å². The molecule has 92 valence electrons. The van der Waals surface area contributed by atoms with Crippen molar-refractivity contribution in [2.24, 2.45) is 5.41 Å². The summed E-state index contributed by atoms with van der Waals surface area (Å²) in [6.45, 7) is 7.80. The summed E-state index contributed by atoms with van der Waals surface area (Å²) in [5.74, 6) is 0.118. The van der Waals surface area contributed by atoms with Gasteiger partial charge in [0.1, 0.15) is 0 Å². The lowest BCUT2D eigenvalue weighted by atomic mass is 9.88. The van der Waals surface area contributed by atoms with Crippen LogP contribution in [0.3, 0.4) is 0 Å². The Labute approximate surface area is 103 Å². The highest BCUT2D eigenvalue weighted by atomic mass is 16.2. The summed E-state index contributed by atoms with van der Waals surface area (Å²) in [6.07, 6.45) is 0.906. The Kier molecular flexibility index (Phi) is 3.20. The molecular formula is C14H20N2O. The van der Waals surface area contributed by atoms with Crippen LogP contribution in [0.2, 0.25) is 0 Å². The standard InChI is InChI=1S/C14H20N2O/c1-10-6-11(2)8-12(7-10)16-13(17)14(3)4-5-15-9-14/h6-8,15H,4-5,9H2,1-3H3,(H,16,17). The van der Waals surface area contributed by atoms with Crippen molar-refractivity contribution in [3.63, 3.8) is 0 Å². The van der Waals surface area contributed by atoms with Crippen LogP contribution >= 0.6 is 0 Å². The van der Waals surface area contributed by atoms with Crippen molar-refractivity contribution in [3.8, 4) is 0 Å². The minimum atomic E-state index is -0.266. The van der Waals surface area contributed by atoms with Crippen LogP contribution in [-0.4, -0.2) is 19.0 Å². The van der Waals surface area contributed by atoms with Gasteiger partial charge in [0.05, 0.1) is 5.41 Å². The monoisotopic (exact) mass is 232 g/mol. The first-order valence-corrected chi connectivity index (χ1v) is 6.10. The molecule has 0 saturated carbocycles. The number of amides is 1. The number of aryl methyl sites for hydroxylation is 2. The van der Waals surface area contributed by atoms with E-state index in [-0.39, 0.29) is 11.3 Å². The summed E-state index contributed by atoms with van der Waals surface area (Å²) in [6, 6.07) is 6.13. The van der Waals surface area contributed by atoms with Gasteiger partial charge in [-0.15, -0.1) is 0 Å². The maximum absolute atomic E-state index is 12.2. The summed E-state index contributed by atoms with van der Waals surface area (Å²) >= 11 is 0. The molecule has 2 rings (SSSR count). The molecule has 2 N–H and O–H groups in total. The number of hydrogen-bond acceptors (Lipinski definition) is 2. The summed E-state index contributed by atoms with van der Waals surface area (Å²) in [5, 5.41) is 6.27. The average Bonchev–Trinajstić information content (AvgIpc) is 2.64. The predicted octanol–water partition coefficient (Wildman–Crippen LogP) is 2.24. The number of benzene rings is 1. The molecule has 0 aromatic heterocycles. The summed E-state index contributed by atoms with van der Waals surface area (Å²) in [5.41, 5.74) is 2.99. The van der Waals surface area contributed by atoms with Crippen molar-refractivity contribution < 1.29 is 4.79 Å². The minimum absolute atomic E-state index is 0.118. The Morgan fingerprint density at radius 2 is 1.94 bits per heavy atom. The van der Waals surface area contributed by atoms with Gasteiger partial charge >= 0.3 is 0 Å². The fourth-order valence-electron chi connectivity index (χ4n) is 2.34. The second-order valence-corrected chi connectivity index (χ2v) is 5.32. The fourth-order valence-corrected chi connectivity index (χ4v) is 2.34. The van der Waals surface area contributed by atoms with Crippen molar-refractivity contribution in [2.45, 2.75) is 27.2 Å². The van der Waals surface area contributed by atoms with Crippen molar-refractivity contribution in [3.05, 3.63) is 29.3 Å². The molecule has 1 aromatic carbocycles. The zero-order valence-electron chi connectivity index (χ0n) is 10.8. The zero-order valence-corrected chi connectivity index (χ0v) is 10.8. The summed E-state index contributed by atoms with van der Waals surface area (Å²) < 4.78 is 0. The minimum Gasteiger partial charge on any atom is -0.326 e. The Morgan fingerprint density at radius 3 is 2.47 bits per heavy atom. The smallest absolute Gasteiger partial charge is 0.231 e. The van der Waals surface area contributed by atoms with Gasteiger partial charge in [-0.25, -0.2) is 0 Å². The first-order chi connectivity index (χ1) is 7.99. The summed E-state index contributed by atoms with van der Waals surface area (Å²) in [4.78, 5) is 12.2. The highest BCUT2D eigenvalue weighted by Crippen LogP contribution is 2.26. The molecule has 1 aliphatic rings. The molecule has 0 radical (unpaired) electrons. The van der Waals surface area contributed by atoms with Crippen molar-refractivity contribution in [1.29, 1.82) is 0 Å². The third-order valence-electron chi connectivity index (χ3n) is 3.40. The van der Waals surface area contributed by atoms with E-state index >= 15 is 0 Å². The number of carbonyl (C=O) groups is 1. The van der Waals surface area contributed by atoms with Crippen LogP contribution in [0.1, 0.15) is 24.5 Å². The number of anilines is 1. The molecule has 3 nitrogen and oxygen atoms in total. The van der Waals surface area contributed by atoms with Crippen LogP contribution in [-0.2, 0) is 4.79 Å². The molecule has 1 aliphatic heterocycles. The largest absolute Gasteiger partial charge is 0.326 e. The Hall–Kier alpha value is -1.35. The molecule has 1 aromatic rings. The molecule has 3 heteroatoms. The van der Waals surface area contributed by atoms with E-state index in [0.29, 0.717) is 0 Å². The number of nitrogens with one attached hydrogen (secondary N) is 2. The molecule has 1 heterocycles. The molecule has 17 heavy (non-hydrogen) atoms. The van der Waals surface area contributed by atoms with Gasteiger partial charge < -0.3 is 10.6 Å². The van der Waals surface area contributed by atoms with Gasteiger partial charge in [0.15, 0.2) is 0 Å². The molecule has 1 unspecified atom stereocenters. The predicted molar refractivity (Wildman–Crippen MR) is 70.1 cm³/mol. The van der Waals surface area contributed by atoms with Crippen LogP contribution in [0.5, 0.6) is 0 Å². The van der Waals surface area contributed by atoms with E-state index in [1.807, 2.05) is 32.9 Å². The maximum Gasteiger partial charge on any atom is 0.231 e. The van der Waals surface area contributed by atoms with E-state index in [4.69, 9.17) is 0 Å². The van der Waals surface area contributed by atoms with Gasteiger partial charge in [0, 0.05) is 12.2 Å². The molecule has 1 fully saturated rings. The molecule has 0 aliphatic carbocycles. The SMILES string of the molecule is Cc1cc(C)cc(NC(=O)C2(C)CCNC2)c1. The number of carbonyl (C=O) groups excluding carboxylic acids is 1. The third kappa shape index (κ3) is 2.67. The van der Waals surface area contributed by atoms with E-state index in [1.54, 1.807) is 0 Å². The zero-order chi connectivity index (χ0) is 12.5. The second-order valence-electron chi connectivity index (χ2n) is 5.32. The third-order valence-corrected chi connectivity index (χ3v) is 3.40. The van der Waals surface area contributed by atoms with E-state index < -0.39 is 0 Å². The molecule has 0 spiro atoms. The van der Waals surface area contributed by atoms with Crippen LogP contribution in [0, 0.1) is 19.3 Å². The van der Waals surface area contributed by atoms with Crippen LogP contribution in [0.15, 0.2) is 18.2 Å². The van der Waals surface area contributed by atoms with E-state index in [0.717, 1.165) is 25.2 Å². The van der Waals surface area contributed by atoms with Crippen molar-refractivity contribution >= 4 is 11.6 Å². The van der Waals surface area contributed by atoms with Crippen LogP contribution in [0.25, 0.3) is 0 Å². The van der Waals surface area contributed by atoms with E-state index in [2.05, 4.69) is 16.7 Å². The molecule has 1 amide bonds. The first-order valence-electron chi connectivity index (χ1n) is 6.10. The quantitative estimate of drug-likeness (QED) is 0.821. The van der Waals surface area contributed by atoms with Crippen LogP contribution in [0.4, 0.5) is 5.69 Å². The first kappa shape index (κ1) is 12.1. The average molecular weight is 232 g/mol. The number of rotatable bonds is 2. The molecular weight excluding hydrogens is 212 g/mol. The van der Waals surface area contributed by atoms with E-state index in [9.17, 15) is 4.79 Å². The second kappa shape index (κ2) is 4.49. The normalized spacial score (nSPS) is 23.7. The van der Waals surface area contributed by atoms with Gasteiger partial charge in [-0.2, -0.15) is 0 Å². The maximum atomic E-state index is 12.2. The van der Waals surface area contributed by atoms with Gasteiger partial charge in [0.2, 0.25) is 5.91 Å². The summed E-state index contributed by atoms with van der Waals surface area (Å²) in [7, 11) is 0. The fraction of sp³-hybridized carbons (Fsp3) is 0.500. The molecule has 0 bridgehead atoms. The van der Waals surface area contributed by atoms with Crippen LogP contribution < -0.4 is 10.6 Å². The highest BCUT2D eigenvalue weighted by Gasteiger charge is 2.36. The van der Waals surface area contributed by atoms with Crippen molar-refractivity contribution in [1.82, 2.24) is 5.32 Å². The Morgan fingerprint density at radius 1 is 1.29 bits per heavy atom. The Balaban J connectivity index is 2.12. The van der Waals surface area contributed by atoms with Gasteiger partial charge in [-0.05, 0) is 57.0 Å². The Bertz CT molecular complexity index is 414. The lowest BCUT2D eigenvalue weighted by Gasteiger charge is -2.21. The van der Waals surface area contributed by atoms with E-state index in [1.165, 1.54) is 11.1 Å². The number of hydrogen-bond donors (Lipinski definition) is 2. The lowest BCUT2D eigenvalue weighted by Crippen LogP contribution is -2.35. The molecule has 1 atom stereocenters. The highest BCUT2D eigenvalue weighted by molar-refractivity contribution is 5.95. The molecule has 1 saturated heterocycles.